The minimum absolute atomic E-state index is 0.158. The zero-order chi connectivity index (χ0) is 14.6. The van der Waals surface area contributed by atoms with Gasteiger partial charge in [0.05, 0.1) is 0 Å². The molecule has 0 bridgehead atoms. The summed E-state index contributed by atoms with van der Waals surface area (Å²) < 4.78 is 14.7. The first-order valence-corrected chi connectivity index (χ1v) is 7.43. The Labute approximate surface area is 124 Å². The number of hydrogen-bond acceptors (Lipinski definition) is 2. The van der Waals surface area contributed by atoms with E-state index in [0.717, 1.165) is 17.3 Å². The van der Waals surface area contributed by atoms with E-state index in [2.05, 4.69) is 49.1 Å². The van der Waals surface area contributed by atoms with Gasteiger partial charge in [0.25, 0.3) is 0 Å². The van der Waals surface area contributed by atoms with Crippen LogP contribution in [0.5, 0.6) is 0 Å². The van der Waals surface area contributed by atoms with Crippen LogP contribution in [0, 0.1) is 17.2 Å². The molecule has 0 aliphatic heterocycles. The van der Waals surface area contributed by atoms with E-state index in [9.17, 15) is 4.39 Å². The van der Waals surface area contributed by atoms with Gasteiger partial charge < -0.3 is 0 Å². The molecule has 1 aromatic rings. The van der Waals surface area contributed by atoms with Gasteiger partial charge in [0, 0.05) is 16.1 Å². The van der Waals surface area contributed by atoms with Crippen molar-refractivity contribution in [3.8, 4) is 0 Å². The number of benzene rings is 1. The predicted octanol–water partition coefficient (Wildman–Crippen LogP) is 4.56. The third-order valence-corrected chi connectivity index (χ3v) is 3.63. The summed E-state index contributed by atoms with van der Waals surface area (Å²) >= 11 is 3.37. The number of rotatable bonds is 5. The SMILES string of the molecule is CC(CC(NN)c1cc(Br)ccc1F)CC(C)(C)C. The van der Waals surface area contributed by atoms with Gasteiger partial charge in [0.15, 0.2) is 0 Å². The van der Waals surface area contributed by atoms with Crippen molar-refractivity contribution in [3.05, 3.63) is 34.1 Å². The normalized spacial score (nSPS) is 15.3. The van der Waals surface area contributed by atoms with Gasteiger partial charge in [0.1, 0.15) is 5.82 Å². The van der Waals surface area contributed by atoms with Crippen LogP contribution in [0.1, 0.15) is 52.1 Å². The molecule has 0 aliphatic carbocycles. The molecule has 0 saturated heterocycles. The molecule has 2 atom stereocenters. The number of hydrazine groups is 1. The van der Waals surface area contributed by atoms with Crippen LogP contribution in [0.15, 0.2) is 22.7 Å². The van der Waals surface area contributed by atoms with Crippen molar-refractivity contribution < 1.29 is 4.39 Å². The Balaban J connectivity index is 2.80. The molecule has 4 heteroatoms. The Morgan fingerprint density at radius 1 is 1.37 bits per heavy atom. The molecule has 0 aliphatic rings. The Bertz CT molecular complexity index is 415. The first-order chi connectivity index (χ1) is 8.73. The minimum Gasteiger partial charge on any atom is -0.271 e. The predicted molar refractivity (Wildman–Crippen MR) is 82.0 cm³/mol. The number of hydrogen-bond donors (Lipinski definition) is 2. The van der Waals surface area contributed by atoms with Crippen molar-refractivity contribution >= 4 is 15.9 Å². The van der Waals surface area contributed by atoms with Gasteiger partial charge in [0.2, 0.25) is 0 Å². The highest BCUT2D eigenvalue weighted by molar-refractivity contribution is 9.10. The molecule has 1 rings (SSSR count). The fraction of sp³-hybridized carbons (Fsp3) is 0.600. The molecule has 2 unspecified atom stereocenters. The summed E-state index contributed by atoms with van der Waals surface area (Å²) in [6, 6.07) is 4.81. The van der Waals surface area contributed by atoms with Gasteiger partial charge in [-0.05, 0) is 42.4 Å². The van der Waals surface area contributed by atoms with Gasteiger partial charge in [-0.3, -0.25) is 11.3 Å². The van der Waals surface area contributed by atoms with E-state index in [4.69, 9.17) is 5.84 Å². The fourth-order valence-corrected chi connectivity index (χ4v) is 2.98. The second-order valence-electron chi connectivity index (χ2n) is 6.49. The maximum atomic E-state index is 13.9. The molecule has 108 valence electrons. The zero-order valence-corrected chi connectivity index (χ0v) is 13.7. The molecule has 0 fully saturated rings. The summed E-state index contributed by atoms with van der Waals surface area (Å²) in [7, 11) is 0. The van der Waals surface area contributed by atoms with Gasteiger partial charge in [-0.1, -0.05) is 43.6 Å². The van der Waals surface area contributed by atoms with Crippen molar-refractivity contribution in [2.45, 2.75) is 46.6 Å². The number of nitrogens with one attached hydrogen (secondary N) is 1. The van der Waals surface area contributed by atoms with Crippen LogP contribution in [0.25, 0.3) is 0 Å². The van der Waals surface area contributed by atoms with Gasteiger partial charge >= 0.3 is 0 Å². The lowest BCUT2D eigenvalue weighted by Crippen LogP contribution is -2.30. The molecular formula is C15H24BrFN2. The van der Waals surface area contributed by atoms with Crippen LogP contribution in [0.3, 0.4) is 0 Å². The maximum absolute atomic E-state index is 13.9. The smallest absolute Gasteiger partial charge is 0.128 e. The first-order valence-electron chi connectivity index (χ1n) is 6.64. The Morgan fingerprint density at radius 2 is 2.00 bits per heavy atom. The highest BCUT2D eigenvalue weighted by Crippen LogP contribution is 2.31. The average Bonchev–Trinajstić information content (AvgIpc) is 2.27. The summed E-state index contributed by atoms with van der Waals surface area (Å²) in [6.07, 6.45) is 1.90. The van der Waals surface area contributed by atoms with E-state index >= 15 is 0 Å². The third kappa shape index (κ3) is 5.59. The largest absolute Gasteiger partial charge is 0.271 e. The highest BCUT2D eigenvalue weighted by Gasteiger charge is 2.21. The number of halogens is 2. The highest BCUT2D eigenvalue weighted by atomic mass is 79.9. The van der Waals surface area contributed by atoms with Crippen molar-refractivity contribution in [2.75, 3.05) is 0 Å². The lowest BCUT2D eigenvalue weighted by atomic mass is 9.82. The summed E-state index contributed by atoms with van der Waals surface area (Å²) in [6.45, 7) is 8.84. The van der Waals surface area contributed by atoms with Crippen LogP contribution in [0.2, 0.25) is 0 Å². The summed E-state index contributed by atoms with van der Waals surface area (Å²) in [5, 5.41) is 0. The van der Waals surface area contributed by atoms with E-state index in [1.165, 1.54) is 6.07 Å². The van der Waals surface area contributed by atoms with Crippen molar-refractivity contribution in [1.82, 2.24) is 5.43 Å². The van der Waals surface area contributed by atoms with E-state index in [1.807, 2.05) is 0 Å². The molecule has 0 saturated carbocycles. The molecule has 2 nitrogen and oxygen atoms in total. The number of nitrogens with two attached hydrogens (primary N) is 1. The third-order valence-electron chi connectivity index (χ3n) is 3.13. The van der Waals surface area contributed by atoms with Crippen LogP contribution in [-0.4, -0.2) is 0 Å². The molecule has 19 heavy (non-hydrogen) atoms. The lowest BCUT2D eigenvalue weighted by molar-refractivity contribution is 0.274. The fourth-order valence-electron chi connectivity index (χ4n) is 2.60. The van der Waals surface area contributed by atoms with Crippen LogP contribution >= 0.6 is 15.9 Å². The van der Waals surface area contributed by atoms with Crippen molar-refractivity contribution in [2.24, 2.45) is 17.2 Å². The summed E-state index contributed by atoms with van der Waals surface area (Å²) in [5.74, 6) is 5.86. The van der Waals surface area contributed by atoms with Gasteiger partial charge in [-0.2, -0.15) is 0 Å². The first kappa shape index (κ1) is 16.6. The summed E-state index contributed by atoms with van der Waals surface area (Å²) in [5.41, 5.74) is 3.64. The molecular weight excluding hydrogens is 307 g/mol. The van der Waals surface area contributed by atoms with Crippen LogP contribution in [-0.2, 0) is 0 Å². The minimum atomic E-state index is -0.214. The molecule has 0 heterocycles. The molecule has 0 radical (unpaired) electrons. The second-order valence-corrected chi connectivity index (χ2v) is 7.41. The van der Waals surface area contributed by atoms with E-state index in [0.29, 0.717) is 11.5 Å². The second kappa shape index (κ2) is 6.82. The Morgan fingerprint density at radius 3 is 2.53 bits per heavy atom. The van der Waals surface area contributed by atoms with E-state index in [-0.39, 0.29) is 17.3 Å². The molecule has 1 aromatic carbocycles. The average molecular weight is 331 g/mol. The molecule has 0 aromatic heterocycles. The quantitative estimate of drug-likeness (QED) is 0.613. The van der Waals surface area contributed by atoms with Crippen molar-refractivity contribution in [1.29, 1.82) is 0 Å². The van der Waals surface area contributed by atoms with Crippen LogP contribution in [0.4, 0.5) is 4.39 Å². The monoisotopic (exact) mass is 330 g/mol. The van der Waals surface area contributed by atoms with E-state index in [1.54, 1.807) is 12.1 Å². The van der Waals surface area contributed by atoms with E-state index < -0.39 is 0 Å². The molecule has 0 spiro atoms. The standard InChI is InChI=1S/C15H24BrFN2/c1-10(9-15(2,3)4)7-14(19-18)12-8-11(16)5-6-13(12)17/h5-6,8,10,14,19H,7,9,18H2,1-4H3. The molecule has 3 N–H and O–H groups in total. The Hall–Kier alpha value is -0.450. The zero-order valence-electron chi connectivity index (χ0n) is 12.1. The van der Waals surface area contributed by atoms with Crippen LogP contribution < -0.4 is 11.3 Å². The molecule has 0 amide bonds. The maximum Gasteiger partial charge on any atom is 0.128 e. The summed E-state index contributed by atoms with van der Waals surface area (Å²) in [4.78, 5) is 0. The van der Waals surface area contributed by atoms with Gasteiger partial charge in [-0.25, -0.2) is 4.39 Å². The van der Waals surface area contributed by atoms with Gasteiger partial charge in [-0.15, -0.1) is 0 Å². The Kier molecular flexibility index (Phi) is 5.96. The topological polar surface area (TPSA) is 38.0 Å². The van der Waals surface area contributed by atoms with Crippen molar-refractivity contribution in [3.63, 3.8) is 0 Å². The lowest BCUT2D eigenvalue weighted by Gasteiger charge is -2.27.